The van der Waals surface area contributed by atoms with Crippen LogP contribution in [0.4, 0.5) is 4.79 Å². The molecule has 1 saturated heterocycles. The van der Waals surface area contributed by atoms with Gasteiger partial charge in [0.05, 0.1) is 12.8 Å². The molecule has 2 aromatic carbocycles. The van der Waals surface area contributed by atoms with Gasteiger partial charge in [-0.2, -0.15) is 0 Å². The highest BCUT2D eigenvalue weighted by Gasteiger charge is 2.36. The molecule has 4 rings (SSSR count). The summed E-state index contributed by atoms with van der Waals surface area (Å²) in [6, 6.07) is 15.5. The summed E-state index contributed by atoms with van der Waals surface area (Å²) >= 11 is 6.80. The maximum Gasteiger partial charge on any atom is 0.331 e. The van der Waals surface area contributed by atoms with Gasteiger partial charge in [0, 0.05) is 14.5 Å². The number of carbonyl (C=O) groups excluding carboxylic acids is 3. The number of furan rings is 1. The fraction of sp³-hybridized carbons (Fsp3) is 0.0870. The number of amides is 4. The van der Waals surface area contributed by atoms with Gasteiger partial charge in [-0.25, -0.2) is 4.79 Å². The van der Waals surface area contributed by atoms with E-state index in [1.807, 2.05) is 24.3 Å². The molecule has 1 N–H and O–H groups in total. The van der Waals surface area contributed by atoms with Gasteiger partial charge in [0.25, 0.3) is 11.8 Å². The Hall–Kier alpha value is -3.17. The van der Waals surface area contributed by atoms with Crippen LogP contribution in [0.5, 0.6) is 5.75 Å². The predicted molar refractivity (Wildman–Crippen MR) is 123 cm³/mol. The fourth-order valence-electron chi connectivity index (χ4n) is 3.06. The first-order valence-corrected chi connectivity index (χ1v) is 11.1. The summed E-state index contributed by atoms with van der Waals surface area (Å²) in [6.07, 6.45) is 2.86. The van der Waals surface area contributed by atoms with E-state index in [1.54, 1.807) is 30.3 Å². The molecule has 0 bridgehead atoms. The Kier molecular flexibility index (Phi) is 6.57. The molecule has 9 heteroatoms. The van der Waals surface area contributed by atoms with E-state index in [9.17, 15) is 14.4 Å². The average molecular weight is 560 g/mol. The number of nitrogens with zero attached hydrogens (tertiary/aromatic N) is 1. The molecule has 0 saturated carbocycles. The summed E-state index contributed by atoms with van der Waals surface area (Å²) in [5.41, 5.74) is 1.29. The van der Waals surface area contributed by atoms with Crippen LogP contribution in [-0.4, -0.2) is 22.7 Å². The molecule has 0 unspecified atom stereocenters. The number of rotatable bonds is 6. The van der Waals surface area contributed by atoms with Crippen LogP contribution in [0.3, 0.4) is 0 Å². The zero-order valence-electron chi connectivity index (χ0n) is 16.5. The van der Waals surface area contributed by atoms with Crippen LogP contribution < -0.4 is 10.1 Å². The minimum absolute atomic E-state index is 0.0896. The molecule has 1 fully saturated rings. The molecule has 32 heavy (non-hydrogen) atoms. The molecule has 7 nitrogen and oxygen atoms in total. The van der Waals surface area contributed by atoms with E-state index in [0.717, 1.165) is 19.4 Å². The number of imide groups is 2. The van der Waals surface area contributed by atoms with E-state index in [-0.39, 0.29) is 12.1 Å². The van der Waals surface area contributed by atoms with Gasteiger partial charge in [0.1, 0.15) is 23.7 Å². The molecule has 0 spiro atoms. The number of carbonyl (C=O) groups is 3. The van der Waals surface area contributed by atoms with Gasteiger partial charge < -0.3 is 9.15 Å². The van der Waals surface area contributed by atoms with Crippen LogP contribution in [-0.2, 0) is 22.7 Å². The SMILES string of the molecule is O=C1NC(=O)N(Cc2ccco2)C(=O)/C1=C/c1cc(Br)ccc1OCc1ccc(Br)cc1. The monoisotopic (exact) mass is 558 g/mol. The Morgan fingerprint density at radius 3 is 2.47 bits per heavy atom. The number of halogens is 2. The van der Waals surface area contributed by atoms with Crippen molar-refractivity contribution in [3.8, 4) is 5.75 Å². The summed E-state index contributed by atoms with van der Waals surface area (Å²) in [7, 11) is 0. The molecule has 4 amide bonds. The smallest absolute Gasteiger partial charge is 0.331 e. The highest BCUT2D eigenvalue weighted by atomic mass is 79.9. The molecule has 0 atom stereocenters. The third kappa shape index (κ3) is 5.00. The molecule has 2 heterocycles. The van der Waals surface area contributed by atoms with E-state index >= 15 is 0 Å². The molecule has 1 aliphatic heterocycles. The third-order valence-corrected chi connectivity index (χ3v) is 5.68. The molecular weight excluding hydrogens is 544 g/mol. The van der Waals surface area contributed by atoms with Crippen molar-refractivity contribution in [1.82, 2.24) is 10.2 Å². The lowest BCUT2D eigenvalue weighted by Crippen LogP contribution is -2.53. The quantitative estimate of drug-likeness (QED) is 0.337. The summed E-state index contributed by atoms with van der Waals surface area (Å²) in [5, 5.41) is 2.20. The fourth-order valence-corrected chi connectivity index (χ4v) is 3.70. The number of benzene rings is 2. The molecule has 162 valence electrons. The highest BCUT2D eigenvalue weighted by molar-refractivity contribution is 9.10. The second kappa shape index (κ2) is 9.54. The van der Waals surface area contributed by atoms with Crippen LogP contribution >= 0.6 is 31.9 Å². The van der Waals surface area contributed by atoms with Crippen LogP contribution in [0, 0.1) is 0 Å². The number of hydrogen-bond donors (Lipinski definition) is 1. The van der Waals surface area contributed by atoms with Crippen LogP contribution in [0.2, 0.25) is 0 Å². The second-order valence-electron chi connectivity index (χ2n) is 6.89. The van der Waals surface area contributed by atoms with Crippen molar-refractivity contribution < 1.29 is 23.5 Å². The lowest BCUT2D eigenvalue weighted by atomic mass is 10.1. The summed E-state index contributed by atoms with van der Waals surface area (Å²) < 4.78 is 12.9. The van der Waals surface area contributed by atoms with Gasteiger partial charge in [-0.05, 0) is 54.1 Å². The predicted octanol–water partition coefficient (Wildman–Crippen LogP) is 5.05. The molecule has 0 aliphatic carbocycles. The first kappa shape index (κ1) is 22.0. The van der Waals surface area contributed by atoms with Gasteiger partial charge in [0.15, 0.2) is 0 Å². The number of barbiturate groups is 1. The lowest BCUT2D eigenvalue weighted by molar-refractivity contribution is -0.130. The number of nitrogens with one attached hydrogen (secondary N) is 1. The van der Waals surface area contributed by atoms with Gasteiger partial charge in [-0.15, -0.1) is 0 Å². The van der Waals surface area contributed by atoms with Crippen molar-refractivity contribution in [1.29, 1.82) is 0 Å². The van der Waals surface area contributed by atoms with Crippen molar-refractivity contribution in [2.45, 2.75) is 13.2 Å². The third-order valence-electron chi connectivity index (χ3n) is 4.66. The molecule has 3 aromatic rings. The highest BCUT2D eigenvalue weighted by Crippen LogP contribution is 2.28. The van der Waals surface area contributed by atoms with Crippen molar-refractivity contribution >= 4 is 55.8 Å². The van der Waals surface area contributed by atoms with Gasteiger partial charge in [-0.3, -0.25) is 19.8 Å². The summed E-state index contributed by atoms with van der Waals surface area (Å²) in [5.74, 6) is -0.578. The lowest BCUT2D eigenvalue weighted by Gasteiger charge is -2.25. The standard InChI is InChI=1S/C23H16Br2N2O5/c24-16-5-3-14(4-6-16)13-32-20-8-7-17(25)10-15(20)11-19-21(28)26-23(30)27(22(19)29)12-18-2-1-9-31-18/h1-11H,12-13H2,(H,26,28,30)/b19-11+. The van der Waals surface area contributed by atoms with Gasteiger partial charge in [0.2, 0.25) is 0 Å². The van der Waals surface area contributed by atoms with Crippen LogP contribution in [0.25, 0.3) is 6.08 Å². The molecule has 1 aliphatic rings. The molecular formula is C23H16Br2N2O5. The number of hydrogen-bond acceptors (Lipinski definition) is 5. The van der Waals surface area contributed by atoms with Crippen LogP contribution in [0.15, 0.2) is 79.8 Å². The Morgan fingerprint density at radius 1 is 1.00 bits per heavy atom. The van der Waals surface area contributed by atoms with Gasteiger partial charge >= 0.3 is 6.03 Å². The Morgan fingerprint density at radius 2 is 1.75 bits per heavy atom. The van der Waals surface area contributed by atoms with Crippen molar-refractivity contribution in [2.24, 2.45) is 0 Å². The summed E-state index contributed by atoms with van der Waals surface area (Å²) in [4.78, 5) is 38.5. The largest absolute Gasteiger partial charge is 0.488 e. The van der Waals surface area contributed by atoms with E-state index in [0.29, 0.717) is 23.7 Å². The average Bonchev–Trinajstić information content (AvgIpc) is 3.28. The van der Waals surface area contributed by atoms with Gasteiger partial charge in [-0.1, -0.05) is 44.0 Å². The summed E-state index contributed by atoms with van der Waals surface area (Å²) in [6.45, 7) is 0.210. The Labute approximate surface area is 200 Å². The zero-order valence-corrected chi connectivity index (χ0v) is 19.7. The first-order chi connectivity index (χ1) is 15.4. The Bertz CT molecular complexity index is 1200. The zero-order chi connectivity index (χ0) is 22.7. The van der Waals surface area contributed by atoms with E-state index < -0.39 is 17.8 Å². The van der Waals surface area contributed by atoms with E-state index in [4.69, 9.17) is 9.15 Å². The van der Waals surface area contributed by atoms with E-state index in [1.165, 1.54) is 12.3 Å². The maximum absolute atomic E-state index is 13.0. The van der Waals surface area contributed by atoms with Crippen molar-refractivity contribution in [3.63, 3.8) is 0 Å². The normalized spacial score (nSPS) is 15.2. The minimum atomic E-state index is -0.797. The van der Waals surface area contributed by atoms with E-state index in [2.05, 4.69) is 37.2 Å². The molecule has 1 aromatic heterocycles. The topological polar surface area (TPSA) is 88.9 Å². The first-order valence-electron chi connectivity index (χ1n) is 9.49. The molecule has 0 radical (unpaired) electrons. The second-order valence-corrected chi connectivity index (χ2v) is 8.72. The minimum Gasteiger partial charge on any atom is -0.488 e. The van der Waals surface area contributed by atoms with Crippen LogP contribution in [0.1, 0.15) is 16.9 Å². The van der Waals surface area contributed by atoms with Crippen molar-refractivity contribution in [2.75, 3.05) is 0 Å². The maximum atomic E-state index is 13.0. The number of urea groups is 1. The Balaban J connectivity index is 1.61. The van der Waals surface area contributed by atoms with Crippen molar-refractivity contribution in [3.05, 3.63) is 92.3 Å². The number of ether oxygens (including phenoxy) is 1.